The number of aromatic carboxylic acids is 2. The molecule has 0 radical (unpaired) electrons. The topological polar surface area (TPSA) is 83.8 Å². The quantitative estimate of drug-likeness (QED) is 0.820. The van der Waals surface area contributed by atoms with Crippen molar-refractivity contribution in [2.45, 2.75) is 26.6 Å². The van der Waals surface area contributed by atoms with Gasteiger partial charge in [-0.25, -0.2) is 9.59 Å². The summed E-state index contributed by atoms with van der Waals surface area (Å²) >= 11 is 0. The van der Waals surface area contributed by atoms with Crippen LogP contribution in [0.15, 0.2) is 12.1 Å². The highest BCUT2D eigenvalue weighted by Crippen LogP contribution is 2.29. The van der Waals surface area contributed by atoms with E-state index in [1.165, 1.54) is 12.1 Å². The van der Waals surface area contributed by atoms with Crippen molar-refractivity contribution >= 4 is 20.3 Å². The zero-order valence-corrected chi connectivity index (χ0v) is 11.8. The summed E-state index contributed by atoms with van der Waals surface area (Å²) in [4.78, 5) is 22.4. The van der Waals surface area contributed by atoms with Gasteiger partial charge in [-0.05, 0) is 38.2 Å². The maximum absolute atomic E-state index is 11.2. The molecule has 0 saturated heterocycles. The molecule has 0 amide bonds. The van der Waals surface area contributed by atoms with Gasteiger partial charge in [0.25, 0.3) is 0 Å². The molecule has 0 unspecified atom stereocenters. The highest BCUT2D eigenvalue weighted by molar-refractivity contribution is 6.70. The summed E-state index contributed by atoms with van der Waals surface area (Å²) in [7, 11) is -2.10. The molecule has 0 fully saturated rings. The number of carboxylic acids is 2. The molecule has 0 atom stereocenters. The van der Waals surface area contributed by atoms with Crippen molar-refractivity contribution in [2.24, 2.45) is 0 Å². The minimum Gasteiger partial charge on any atom is -0.543 e. The largest absolute Gasteiger partial charge is 0.543 e. The molecule has 0 spiro atoms. The van der Waals surface area contributed by atoms with Crippen LogP contribution in [0.1, 0.15) is 26.3 Å². The third-order valence-electron chi connectivity index (χ3n) is 2.22. The maximum atomic E-state index is 11.2. The molecule has 0 saturated carbocycles. The van der Waals surface area contributed by atoms with Crippen LogP contribution in [0.5, 0.6) is 5.75 Å². The van der Waals surface area contributed by atoms with Crippen molar-refractivity contribution in [1.29, 1.82) is 0 Å². The standard InChI is InChI=1S/C12H16O5Si/c1-7-5-6-8(11(13)14)10(9(7)12(15)16)17-18(2,3)4/h5-6H,1-4H3,(H,13,14)(H,15,16). The Balaban J connectivity index is 3.53. The Hall–Kier alpha value is -1.82. The lowest BCUT2D eigenvalue weighted by Crippen LogP contribution is -2.31. The van der Waals surface area contributed by atoms with Gasteiger partial charge < -0.3 is 14.6 Å². The number of rotatable bonds is 4. The molecule has 98 valence electrons. The number of hydrogen-bond acceptors (Lipinski definition) is 3. The molecular formula is C12H16O5Si. The van der Waals surface area contributed by atoms with Crippen molar-refractivity contribution in [3.8, 4) is 5.75 Å². The van der Waals surface area contributed by atoms with Gasteiger partial charge in [0.15, 0.2) is 0 Å². The Morgan fingerprint density at radius 3 is 2.06 bits per heavy atom. The molecule has 6 heteroatoms. The summed E-state index contributed by atoms with van der Waals surface area (Å²) in [5.41, 5.74) is 0.304. The molecule has 1 rings (SSSR count). The van der Waals surface area contributed by atoms with Crippen LogP contribution in [0.3, 0.4) is 0 Å². The van der Waals surface area contributed by atoms with E-state index in [2.05, 4.69) is 0 Å². The highest BCUT2D eigenvalue weighted by atomic mass is 28.4. The van der Waals surface area contributed by atoms with Crippen LogP contribution < -0.4 is 4.43 Å². The molecule has 1 aromatic carbocycles. The smallest absolute Gasteiger partial charge is 0.339 e. The minimum absolute atomic E-state index is 0.0332. The van der Waals surface area contributed by atoms with E-state index in [4.69, 9.17) is 9.53 Å². The van der Waals surface area contributed by atoms with Crippen molar-refractivity contribution in [2.75, 3.05) is 0 Å². The van der Waals surface area contributed by atoms with Gasteiger partial charge in [0.05, 0.1) is 0 Å². The van der Waals surface area contributed by atoms with Crippen LogP contribution in [0.2, 0.25) is 19.6 Å². The van der Waals surface area contributed by atoms with Crippen molar-refractivity contribution in [3.63, 3.8) is 0 Å². The van der Waals surface area contributed by atoms with E-state index in [-0.39, 0.29) is 16.9 Å². The second-order valence-corrected chi connectivity index (χ2v) is 9.39. The summed E-state index contributed by atoms with van der Waals surface area (Å²) in [6.07, 6.45) is 0. The molecule has 0 aromatic heterocycles. The van der Waals surface area contributed by atoms with Crippen molar-refractivity contribution < 1.29 is 24.2 Å². The van der Waals surface area contributed by atoms with Gasteiger partial charge in [0.1, 0.15) is 16.9 Å². The molecule has 0 bridgehead atoms. The minimum atomic E-state index is -2.10. The van der Waals surface area contributed by atoms with Gasteiger partial charge in [-0.3, -0.25) is 0 Å². The molecule has 0 aliphatic heterocycles. The van der Waals surface area contributed by atoms with E-state index in [1.54, 1.807) is 6.92 Å². The van der Waals surface area contributed by atoms with Crippen molar-refractivity contribution in [1.82, 2.24) is 0 Å². The Kier molecular flexibility index (Phi) is 3.81. The third kappa shape index (κ3) is 3.10. The second-order valence-electron chi connectivity index (χ2n) is 4.96. The summed E-state index contributed by atoms with van der Waals surface area (Å²) in [6.45, 7) is 7.22. The summed E-state index contributed by atoms with van der Waals surface area (Å²) in [6, 6.07) is 2.85. The molecule has 0 aliphatic carbocycles. The lowest BCUT2D eigenvalue weighted by Gasteiger charge is -2.23. The Morgan fingerprint density at radius 1 is 1.11 bits per heavy atom. The van der Waals surface area contributed by atoms with E-state index >= 15 is 0 Å². The number of carbonyl (C=O) groups is 2. The van der Waals surface area contributed by atoms with Crippen LogP contribution in [-0.2, 0) is 0 Å². The number of aryl methyl sites for hydroxylation is 1. The van der Waals surface area contributed by atoms with Gasteiger partial charge in [-0.2, -0.15) is 0 Å². The average Bonchev–Trinajstić information content (AvgIpc) is 2.13. The molecule has 1 aromatic rings. The third-order valence-corrected chi connectivity index (χ3v) is 3.04. The number of benzene rings is 1. The average molecular weight is 268 g/mol. The number of hydrogen-bond donors (Lipinski definition) is 2. The van der Waals surface area contributed by atoms with Gasteiger partial charge in [0, 0.05) is 0 Å². The molecular weight excluding hydrogens is 252 g/mol. The maximum Gasteiger partial charge on any atom is 0.339 e. The highest BCUT2D eigenvalue weighted by Gasteiger charge is 2.27. The first-order valence-electron chi connectivity index (χ1n) is 5.42. The lowest BCUT2D eigenvalue weighted by molar-refractivity contribution is 0.0693. The Morgan fingerprint density at radius 2 is 1.67 bits per heavy atom. The predicted octanol–water partition coefficient (Wildman–Crippen LogP) is 2.61. The lowest BCUT2D eigenvalue weighted by atomic mass is 10.0. The Labute approximate surface area is 106 Å². The summed E-state index contributed by atoms with van der Waals surface area (Å²) < 4.78 is 5.64. The van der Waals surface area contributed by atoms with E-state index in [0.717, 1.165) is 0 Å². The van der Waals surface area contributed by atoms with Crippen LogP contribution in [0.4, 0.5) is 0 Å². The summed E-state index contributed by atoms with van der Waals surface area (Å²) in [5, 5.41) is 18.3. The van der Waals surface area contributed by atoms with E-state index in [9.17, 15) is 14.7 Å². The summed E-state index contributed by atoms with van der Waals surface area (Å²) in [5.74, 6) is -2.40. The van der Waals surface area contributed by atoms with Gasteiger partial charge in [0.2, 0.25) is 8.32 Å². The molecule has 5 nitrogen and oxygen atoms in total. The van der Waals surface area contributed by atoms with E-state index < -0.39 is 20.3 Å². The molecule has 2 N–H and O–H groups in total. The van der Waals surface area contributed by atoms with Crippen molar-refractivity contribution in [3.05, 3.63) is 28.8 Å². The zero-order chi connectivity index (χ0) is 14.1. The molecule has 0 heterocycles. The van der Waals surface area contributed by atoms with E-state index in [0.29, 0.717) is 5.56 Å². The first kappa shape index (κ1) is 14.2. The fourth-order valence-electron chi connectivity index (χ4n) is 1.53. The predicted molar refractivity (Wildman–Crippen MR) is 69.1 cm³/mol. The SMILES string of the molecule is Cc1ccc(C(=O)O)c(O[Si](C)(C)C)c1C(=O)O. The van der Waals surface area contributed by atoms with Crippen LogP contribution >= 0.6 is 0 Å². The fourth-order valence-corrected chi connectivity index (χ4v) is 2.35. The van der Waals surface area contributed by atoms with Gasteiger partial charge in [-0.15, -0.1) is 0 Å². The zero-order valence-electron chi connectivity index (χ0n) is 10.8. The normalized spacial score (nSPS) is 11.1. The van der Waals surface area contributed by atoms with Crippen LogP contribution in [0, 0.1) is 6.92 Å². The van der Waals surface area contributed by atoms with Gasteiger partial charge >= 0.3 is 11.9 Å². The van der Waals surface area contributed by atoms with E-state index in [1.807, 2.05) is 19.6 Å². The molecule has 18 heavy (non-hydrogen) atoms. The number of carboxylic acid groups (broad SMARTS) is 2. The van der Waals surface area contributed by atoms with Crippen LogP contribution in [-0.4, -0.2) is 30.5 Å². The monoisotopic (exact) mass is 268 g/mol. The molecule has 0 aliphatic rings. The van der Waals surface area contributed by atoms with Gasteiger partial charge in [-0.1, -0.05) is 6.07 Å². The first-order chi connectivity index (χ1) is 8.13. The fraction of sp³-hybridized carbons (Fsp3) is 0.333. The Bertz CT molecular complexity index is 502. The van der Waals surface area contributed by atoms with Crippen LogP contribution in [0.25, 0.3) is 0 Å². The first-order valence-corrected chi connectivity index (χ1v) is 8.83. The second kappa shape index (κ2) is 4.81.